The highest BCUT2D eigenvalue weighted by Gasteiger charge is 2.04. The average molecular weight is 229 g/mol. The zero-order chi connectivity index (χ0) is 9.42. The topological polar surface area (TPSA) is 0 Å². The number of thiophene rings is 1. The van der Waals surface area contributed by atoms with Crippen LogP contribution in [-0.4, -0.2) is 0 Å². The highest BCUT2D eigenvalue weighted by atomic mass is 35.5. The van der Waals surface area contributed by atoms with Gasteiger partial charge in [0.2, 0.25) is 0 Å². The summed E-state index contributed by atoms with van der Waals surface area (Å²) in [7, 11) is 0. The van der Waals surface area contributed by atoms with E-state index in [0.717, 1.165) is 20.4 Å². The van der Waals surface area contributed by atoms with Crippen LogP contribution in [0.5, 0.6) is 0 Å². The molecule has 0 radical (unpaired) electrons. The second-order valence-electron chi connectivity index (χ2n) is 2.93. The van der Waals surface area contributed by atoms with Gasteiger partial charge in [-0.3, -0.25) is 0 Å². The predicted octanol–water partition coefficient (Wildman–Crippen LogP) is 4.41. The van der Waals surface area contributed by atoms with E-state index in [1.807, 2.05) is 6.07 Å². The van der Waals surface area contributed by atoms with Gasteiger partial charge in [0.25, 0.3) is 0 Å². The van der Waals surface area contributed by atoms with E-state index in [-0.39, 0.29) is 0 Å². The van der Waals surface area contributed by atoms with Crippen molar-refractivity contribution in [2.45, 2.75) is 17.6 Å². The number of fused-ring (bicyclic) bond motifs is 1. The summed E-state index contributed by atoms with van der Waals surface area (Å²) in [6, 6.07) is 6.28. The normalized spacial score (nSPS) is 11.0. The van der Waals surface area contributed by atoms with Crippen LogP contribution in [-0.2, 0) is 6.42 Å². The van der Waals surface area contributed by atoms with Gasteiger partial charge in [-0.2, -0.15) is 0 Å². The summed E-state index contributed by atoms with van der Waals surface area (Å²) in [6.45, 7) is 2.13. The maximum Gasteiger partial charge on any atom is 0.0587 e. The van der Waals surface area contributed by atoms with Crippen LogP contribution in [0, 0.1) is 0 Å². The number of hydrogen-bond acceptors (Lipinski definition) is 2. The Bertz CT molecular complexity index is 445. The van der Waals surface area contributed by atoms with Gasteiger partial charge in [0.15, 0.2) is 0 Å². The van der Waals surface area contributed by atoms with E-state index in [1.54, 1.807) is 11.3 Å². The van der Waals surface area contributed by atoms with Crippen LogP contribution in [0.2, 0.25) is 5.02 Å². The van der Waals surface area contributed by atoms with Gasteiger partial charge in [-0.1, -0.05) is 24.6 Å². The molecule has 68 valence electrons. The molecule has 0 saturated carbocycles. The predicted molar refractivity (Wildman–Crippen MR) is 63.5 cm³/mol. The van der Waals surface area contributed by atoms with Crippen molar-refractivity contribution in [1.82, 2.24) is 0 Å². The van der Waals surface area contributed by atoms with Crippen molar-refractivity contribution in [3.05, 3.63) is 28.8 Å². The summed E-state index contributed by atoms with van der Waals surface area (Å²) in [5.41, 5.74) is 1.28. The van der Waals surface area contributed by atoms with E-state index < -0.39 is 0 Å². The lowest BCUT2D eigenvalue weighted by molar-refractivity contribution is 1.15. The molecule has 13 heavy (non-hydrogen) atoms. The first-order valence-corrected chi connectivity index (χ1v) is 5.76. The molecule has 0 saturated heterocycles. The van der Waals surface area contributed by atoms with E-state index in [1.165, 1.54) is 10.9 Å². The van der Waals surface area contributed by atoms with Gasteiger partial charge in [-0.25, -0.2) is 0 Å². The summed E-state index contributed by atoms with van der Waals surface area (Å²) >= 11 is 12.1. The molecular weight excluding hydrogens is 220 g/mol. The zero-order valence-electron chi connectivity index (χ0n) is 7.17. The number of thiol groups is 1. The maximum atomic E-state index is 6.13. The quantitative estimate of drug-likeness (QED) is 0.687. The summed E-state index contributed by atoms with van der Waals surface area (Å²) in [6.07, 6.45) is 1.02. The van der Waals surface area contributed by atoms with Gasteiger partial charge in [0.1, 0.15) is 0 Å². The first-order chi connectivity index (χ1) is 6.20. The first-order valence-electron chi connectivity index (χ1n) is 4.11. The second kappa shape index (κ2) is 3.52. The highest BCUT2D eigenvalue weighted by Crippen LogP contribution is 2.34. The van der Waals surface area contributed by atoms with Gasteiger partial charge in [0, 0.05) is 0 Å². The molecule has 1 aromatic carbocycles. The number of hydrogen-bond donors (Lipinski definition) is 1. The van der Waals surface area contributed by atoms with Crippen LogP contribution in [0.3, 0.4) is 0 Å². The first kappa shape index (κ1) is 9.38. The number of halogens is 1. The van der Waals surface area contributed by atoms with Gasteiger partial charge in [-0.15, -0.1) is 24.0 Å². The van der Waals surface area contributed by atoms with Gasteiger partial charge < -0.3 is 0 Å². The Morgan fingerprint density at radius 1 is 1.38 bits per heavy atom. The Hall–Kier alpha value is -0.180. The summed E-state index contributed by atoms with van der Waals surface area (Å²) in [5.74, 6) is 0. The lowest BCUT2D eigenvalue weighted by Gasteiger charge is -1.98. The SMILES string of the molecule is CCc1cc(Cl)c2sc(S)cc2c1. The Morgan fingerprint density at radius 2 is 2.15 bits per heavy atom. The van der Waals surface area contributed by atoms with Crippen molar-refractivity contribution in [2.24, 2.45) is 0 Å². The molecule has 0 spiro atoms. The number of aryl methyl sites for hydroxylation is 1. The van der Waals surface area contributed by atoms with Crippen LogP contribution in [0.25, 0.3) is 10.1 Å². The van der Waals surface area contributed by atoms with Crippen molar-refractivity contribution >= 4 is 45.7 Å². The average Bonchev–Trinajstić information content (AvgIpc) is 2.46. The molecule has 0 aliphatic rings. The van der Waals surface area contributed by atoms with Crippen LogP contribution in [0.1, 0.15) is 12.5 Å². The third kappa shape index (κ3) is 1.71. The van der Waals surface area contributed by atoms with Crippen LogP contribution in [0.15, 0.2) is 22.4 Å². The van der Waals surface area contributed by atoms with Crippen molar-refractivity contribution in [2.75, 3.05) is 0 Å². The van der Waals surface area contributed by atoms with Crippen molar-refractivity contribution in [3.8, 4) is 0 Å². The monoisotopic (exact) mass is 228 g/mol. The molecule has 0 aliphatic heterocycles. The third-order valence-corrected chi connectivity index (χ3v) is 3.83. The minimum atomic E-state index is 0.847. The number of benzene rings is 1. The third-order valence-electron chi connectivity index (χ3n) is 2.03. The van der Waals surface area contributed by atoms with E-state index >= 15 is 0 Å². The molecule has 0 aliphatic carbocycles. The minimum Gasteiger partial charge on any atom is -0.133 e. The van der Waals surface area contributed by atoms with Crippen molar-refractivity contribution in [3.63, 3.8) is 0 Å². The van der Waals surface area contributed by atoms with E-state index in [0.29, 0.717) is 0 Å². The Kier molecular flexibility index (Phi) is 2.54. The molecule has 0 bridgehead atoms. The van der Waals surface area contributed by atoms with Gasteiger partial charge >= 0.3 is 0 Å². The van der Waals surface area contributed by atoms with Crippen LogP contribution in [0.4, 0.5) is 0 Å². The minimum absolute atomic E-state index is 0.847. The molecule has 0 nitrogen and oxygen atoms in total. The molecular formula is C10H9ClS2. The van der Waals surface area contributed by atoms with Crippen molar-refractivity contribution in [1.29, 1.82) is 0 Å². The Labute approximate surface area is 91.9 Å². The summed E-state index contributed by atoms with van der Waals surface area (Å²) < 4.78 is 2.16. The Balaban J connectivity index is 2.75. The lowest BCUT2D eigenvalue weighted by Crippen LogP contribution is -1.78. The summed E-state index contributed by atoms with van der Waals surface area (Å²) in [4.78, 5) is 0. The molecule has 2 rings (SSSR count). The maximum absolute atomic E-state index is 6.13. The highest BCUT2D eigenvalue weighted by molar-refractivity contribution is 7.83. The van der Waals surface area contributed by atoms with Gasteiger partial charge in [0.05, 0.1) is 13.9 Å². The van der Waals surface area contributed by atoms with E-state index in [2.05, 4.69) is 31.7 Å². The molecule has 0 N–H and O–H groups in total. The molecule has 0 unspecified atom stereocenters. The molecule has 1 aromatic heterocycles. The molecule has 0 atom stereocenters. The molecule has 0 fully saturated rings. The fourth-order valence-corrected chi connectivity index (χ4v) is 2.92. The molecule has 1 heterocycles. The van der Waals surface area contributed by atoms with E-state index in [4.69, 9.17) is 11.6 Å². The van der Waals surface area contributed by atoms with Crippen LogP contribution >= 0.6 is 35.6 Å². The largest absolute Gasteiger partial charge is 0.133 e. The molecule has 3 heteroatoms. The van der Waals surface area contributed by atoms with Crippen LogP contribution < -0.4 is 0 Å². The zero-order valence-corrected chi connectivity index (χ0v) is 9.64. The van der Waals surface area contributed by atoms with Gasteiger partial charge in [-0.05, 0) is 29.5 Å². The molecule has 2 aromatic rings. The summed E-state index contributed by atoms with van der Waals surface area (Å²) in [5, 5.41) is 2.05. The number of rotatable bonds is 1. The van der Waals surface area contributed by atoms with E-state index in [9.17, 15) is 0 Å². The van der Waals surface area contributed by atoms with Crippen molar-refractivity contribution < 1.29 is 0 Å². The molecule has 0 amide bonds. The standard InChI is InChI=1S/C10H9ClS2/c1-2-6-3-7-5-9(12)13-10(7)8(11)4-6/h3-5,12H,2H2,1H3. The second-order valence-corrected chi connectivity index (χ2v) is 5.18. The fraction of sp³-hybridized carbons (Fsp3) is 0.200. The smallest absolute Gasteiger partial charge is 0.0587 e. The Morgan fingerprint density at radius 3 is 2.85 bits per heavy atom. The lowest BCUT2D eigenvalue weighted by atomic mass is 10.1. The fourth-order valence-electron chi connectivity index (χ4n) is 1.36.